The summed E-state index contributed by atoms with van der Waals surface area (Å²) < 4.78 is 0. The number of urea groups is 1. The molecular weight excluding hydrogens is 190 g/mol. The monoisotopic (exact) mass is 211 g/mol. The van der Waals surface area contributed by atoms with Gasteiger partial charge in [0.2, 0.25) is 0 Å². The van der Waals surface area contributed by atoms with Crippen LogP contribution in [0.25, 0.3) is 0 Å². The fraction of sp³-hybridized carbons (Fsp3) is 0.909. The quantitative estimate of drug-likeness (QED) is 0.744. The zero-order valence-electron chi connectivity index (χ0n) is 9.54. The van der Waals surface area contributed by atoms with Gasteiger partial charge < -0.3 is 15.1 Å². The maximum Gasteiger partial charge on any atom is 0.320 e. The highest BCUT2D eigenvalue weighted by Gasteiger charge is 2.27. The summed E-state index contributed by atoms with van der Waals surface area (Å²) in [4.78, 5) is 15.7. The smallest absolute Gasteiger partial charge is 0.320 e. The molecule has 2 saturated heterocycles. The van der Waals surface area contributed by atoms with Crippen molar-refractivity contribution in [2.75, 3.05) is 39.3 Å². The highest BCUT2D eigenvalue weighted by Crippen LogP contribution is 2.15. The molecule has 1 unspecified atom stereocenters. The lowest BCUT2D eigenvalue weighted by Gasteiger charge is -2.18. The Morgan fingerprint density at radius 2 is 2.20 bits per heavy atom. The number of nitrogens with zero attached hydrogens (tertiary/aromatic N) is 2. The zero-order valence-corrected chi connectivity index (χ0v) is 9.54. The molecule has 0 spiro atoms. The molecule has 0 aromatic heterocycles. The molecule has 4 nitrogen and oxygen atoms in total. The third-order valence-electron chi connectivity index (χ3n) is 3.53. The van der Waals surface area contributed by atoms with Crippen LogP contribution in [-0.2, 0) is 0 Å². The fourth-order valence-corrected chi connectivity index (χ4v) is 2.43. The molecular formula is C11H21N3O. The van der Waals surface area contributed by atoms with Crippen LogP contribution in [0.4, 0.5) is 4.79 Å². The van der Waals surface area contributed by atoms with Gasteiger partial charge in [-0.2, -0.15) is 0 Å². The molecule has 0 aliphatic carbocycles. The molecule has 15 heavy (non-hydrogen) atoms. The van der Waals surface area contributed by atoms with Gasteiger partial charge in [-0.15, -0.1) is 0 Å². The van der Waals surface area contributed by atoms with Crippen molar-refractivity contribution in [2.24, 2.45) is 5.92 Å². The first-order valence-corrected chi connectivity index (χ1v) is 6.06. The van der Waals surface area contributed by atoms with E-state index in [-0.39, 0.29) is 6.03 Å². The van der Waals surface area contributed by atoms with Crippen LogP contribution in [0.2, 0.25) is 0 Å². The van der Waals surface area contributed by atoms with Gasteiger partial charge in [-0.1, -0.05) is 0 Å². The van der Waals surface area contributed by atoms with Crippen molar-refractivity contribution in [1.29, 1.82) is 0 Å². The van der Waals surface area contributed by atoms with Crippen LogP contribution in [0.15, 0.2) is 0 Å². The van der Waals surface area contributed by atoms with Crippen LogP contribution in [0, 0.1) is 5.92 Å². The molecule has 2 amide bonds. The Kier molecular flexibility index (Phi) is 3.46. The van der Waals surface area contributed by atoms with E-state index in [2.05, 4.69) is 5.32 Å². The average Bonchev–Trinajstić information content (AvgIpc) is 2.85. The van der Waals surface area contributed by atoms with Gasteiger partial charge in [0, 0.05) is 26.2 Å². The first-order valence-electron chi connectivity index (χ1n) is 6.06. The van der Waals surface area contributed by atoms with E-state index in [1.807, 2.05) is 16.7 Å². The second-order valence-electron chi connectivity index (χ2n) is 4.50. The molecule has 0 aromatic rings. The summed E-state index contributed by atoms with van der Waals surface area (Å²) in [5, 5.41) is 3.37. The number of carbonyl (C=O) groups excluding carboxylic acids is 1. The molecule has 0 radical (unpaired) electrons. The number of hydrogen-bond donors (Lipinski definition) is 1. The molecule has 2 rings (SSSR count). The van der Waals surface area contributed by atoms with Gasteiger partial charge in [0.1, 0.15) is 0 Å². The molecule has 0 aromatic carbocycles. The Labute approximate surface area is 91.6 Å². The summed E-state index contributed by atoms with van der Waals surface area (Å²) in [5.41, 5.74) is 0. The lowest BCUT2D eigenvalue weighted by atomic mass is 10.1. The molecule has 1 atom stereocenters. The highest BCUT2D eigenvalue weighted by atomic mass is 16.2. The van der Waals surface area contributed by atoms with E-state index in [9.17, 15) is 4.79 Å². The van der Waals surface area contributed by atoms with Crippen molar-refractivity contribution in [3.05, 3.63) is 0 Å². The normalized spacial score (nSPS) is 26.7. The van der Waals surface area contributed by atoms with Crippen molar-refractivity contribution in [2.45, 2.75) is 19.8 Å². The summed E-state index contributed by atoms with van der Waals surface area (Å²) in [6, 6.07) is 0.239. The number of hydrogen-bond acceptors (Lipinski definition) is 2. The Balaban J connectivity index is 1.73. The zero-order chi connectivity index (χ0) is 10.7. The Morgan fingerprint density at radius 1 is 1.40 bits per heavy atom. The van der Waals surface area contributed by atoms with Crippen LogP contribution < -0.4 is 5.32 Å². The van der Waals surface area contributed by atoms with Gasteiger partial charge in [0.05, 0.1) is 0 Å². The fourth-order valence-electron chi connectivity index (χ4n) is 2.43. The van der Waals surface area contributed by atoms with E-state index in [1.54, 1.807) is 0 Å². The third-order valence-corrected chi connectivity index (χ3v) is 3.53. The first kappa shape index (κ1) is 10.7. The van der Waals surface area contributed by atoms with E-state index in [1.165, 1.54) is 6.42 Å². The molecule has 86 valence electrons. The molecule has 2 fully saturated rings. The summed E-state index contributed by atoms with van der Waals surface area (Å²) >= 11 is 0. The average molecular weight is 211 g/mol. The summed E-state index contributed by atoms with van der Waals surface area (Å²) in [6.45, 7) is 7.97. The van der Waals surface area contributed by atoms with Gasteiger partial charge >= 0.3 is 6.03 Å². The predicted molar refractivity (Wildman–Crippen MR) is 59.8 cm³/mol. The number of rotatable bonds is 4. The van der Waals surface area contributed by atoms with E-state index in [4.69, 9.17) is 0 Å². The second-order valence-corrected chi connectivity index (χ2v) is 4.50. The van der Waals surface area contributed by atoms with Gasteiger partial charge in [-0.3, -0.25) is 0 Å². The Morgan fingerprint density at radius 3 is 2.80 bits per heavy atom. The van der Waals surface area contributed by atoms with Crippen molar-refractivity contribution in [3.63, 3.8) is 0 Å². The van der Waals surface area contributed by atoms with Crippen LogP contribution in [0.1, 0.15) is 19.8 Å². The van der Waals surface area contributed by atoms with E-state index in [0.29, 0.717) is 0 Å². The van der Waals surface area contributed by atoms with Gasteiger partial charge in [0.15, 0.2) is 0 Å². The standard InChI is InChI=1S/C11H21N3O/c1-2-13-7-8-14(11(13)15)6-4-10-3-5-12-9-10/h10,12H,2-9H2,1H3. The molecule has 2 aliphatic heterocycles. The predicted octanol–water partition coefficient (Wildman–Crippen LogP) is 0.743. The number of carbonyl (C=O) groups is 1. The Hall–Kier alpha value is -0.770. The molecule has 2 heterocycles. The Bertz CT molecular complexity index is 226. The second kappa shape index (κ2) is 4.84. The van der Waals surface area contributed by atoms with Crippen LogP contribution in [0.3, 0.4) is 0 Å². The molecule has 0 saturated carbocycles. The van der Waals surface area contributed by atoms with Crippen LogP contribution in [0.5, 0.6) is 0 Å². The SMILES string of the molecule is CCN1CCN(CCC2CCNC2)C1=O. The van der Waals surface area contributed by atoms with Crippen LogP contribution >= 0.6 is 0 Å². The highest BCUT2D eigenvalue weighted by molar-refractivity contribution is 5.76. The van der Waals surface area contributed by atoms with E-state index < -0.39 is 0 Å². The lowest BCUT2D eigenvalue weighted by Crippen LogP contribution is -2.33. The van der Waals surface area contributed by atoms with Crippen molar-refractivity contribution in [1.82, 2.24) is 15.1 Å². The molecule has 2 aliphatic rings. The third kappa shape index (κ3) is 2.43. The van der Waals surface area contributed by atoms with Gasteiger partial charge in [0.25, 0.3) is 0 Å². The van der Waals surface area contributed by atoms with Gasteiger partial charge in [-0.05, 0) is 38.8 Å². The summed E-state index contributed by atoms with van der Waals surface area (Å²) in [5.74, 6) is 0.786. The largest absolute Gasteiger partial charge is 0.323 e. The minimum atomic E-state index is 0.239. The van der Waals surface area contributed by atoms with Crippen LogP contribution in [-0.4, -0.2) is 55.1 Å². The topological polar surface area (TPSA) is 35.6 Å². The maximum absolute atomic E-state index is 11.8. The van der Waals surface area contributed by atoms with Crippen molar-refractivity contribution >= 4 is 6.03 Å². The molecule has 1 N–H and O–H groups in total. The van der Waals surface area contributed by atoms with E-state index in [0.717, 1.165) is 51.6 Å². The van der Waals surface area contributed by atoms with E-state index >= 15 is 0 Å². The number of nitrogens with one attached hydrogen (secondary N) is 1. The molecule has 4 heteroatoms. The minimum Gasteiger partial charge on any atom is -0.323 e. The lowest BCUT2D eigenvalue weighted by molar-refractivity contribution is 0.191. The minimum absolute atomic E-state index is 0.239. The maximum atomic E-state index is 11.8. The van der Waals surface area contributed by atoms with Crippen molar-refractivity contribution in [3.8, 4) is 0 Å². The van der Waals surface area contributed by atoms with Crippen molar-refractivity contribution < 1.29 is 4.79 Å². The number of amides is 2. The summed E-state index contributed by atoms with van der Waals surface area (Å²) in [7, 11) is 0. The first-order chi connectivity index (χ1) is 7.31. The molecule has 0 bridgehead atoms. The number of likely N-dealkylation sites (N-methyl/N-ethyl adjacent to an activating group) is 1. The van der Waals surface area contributed by atoms with Gasteiger partial charge in [-0.25, -0.2) is 4.79 Å². The summed E-state index contributed by atoms with van der Waals surface area (Å²) in [6.07, 6.45) is 2.44.